The van der Waals surface area contributed by atoms with Crippen molar-refractivity contribution in [3.63, 3.8) is 0 Å². The maximum absolute atomic E-state index is 12.7. The molecule has 5 heteroatoms. The van der Waals surface area contributed by atoms with Crippen molar-refractivity contribution in [1.82, 2.24) is 15.1 Å². The molecular formula is C24H30N4O. The van der Waals surface area contributed by atoms with Crippen LogP contribution < -0.4 is 10.2 Å². The molecule has 0 spiro atoms. The molecule has 0 radical (unpaired) electrons. The highest BCUT2D eigenvalue weighted by Crippen LogP contribution is 2.16. The molecule has 1 N–H and O–H groups in total. The van der Waals surface area contributed by atoms with Crippen molar-refractivity contribution < 1.29 is 4.79 Å². The minimum atomic E-state index is -0.0396. The number of carbonyl (C=O) groups excluding carboxylic acids is 1. The molecule has 29 heavy (non-hydrogen) atoms. The average molecular weight is 391 g/mol. The summed E-state index contributed by atoms with van der Waals surface area (Å²) < 4.78 is 1.91. The summed E-state index contributed by atoms with van der Waals surface area (Å²) in [5.41, 5.74) is 6.02. The third-order valence-electron chi connectivity index (χ3n) is 5.16. The molecule has 1 aromatic heterocycles. The lowest BCUT2D eigenvalue weighted by Crippen LogP contribution is -2.26. The molecule has 0 aliphatic rings. The maximum atomic E-state index is 12.7. The van der Waals surface area contributed by atoms with E-state index in [0.717, 1.165) is 24.2 Å². The summed E-state index contributed by atoms with van der Waals surface area (Å²) in [4.78, 5) is 14.8. The van der Waals surface area contributed by atoms with Gasteiger partial charge in [-0.25, -0.2) is 0 Å². The lowest BCUT2D eigenvalue weighted by Gasteiger charge is -2.12. The number of amides is 1. The molecule has 152 valence electrons. The van der Waals surface area contributed by atoms with Crippen LogP contribution in [-0.2, 0) is 13.0 Å². The fourth-order valence-electron chi connectivity index (χ4n) is 3.48. The van der Waals surface area contributed by atoms with E-state index in [9.17, 15) is 4.79 Å². The van der Waals surface area contributed by atoms with Crippen LogP contribution in [0.2, 0.25) is 0 Å². The minimum Gasteiger partial charge on any atom is -0.378 e. The number of aromatic nitrogens is 2. The van der Waals surface area contributed by atoms with Crippen molar-refractivity contribution in [2.45, 2.75) is 33.2 Å². The van der Waals surface area contributed by atoms with Crippen LogP contribution in [0.5, 0.6) is 0 Å². The number of anilines is 1. The Morgan fingerprint density at radius 1 is 1.00 bits per heavy atom. The lowest BCUT2D eigenvalue weighted by molar-refractivity contribution is 0.0952. The zero-order valence-electron chi connectivity index (χ0n) is 17.8. The Labute approximate surface area is 173 Å². The highest BCUT2D eigenvalue weighted by atomic mass is 16.1. The molecule has 1 amide bonds. The van der Waals surface area contributed by atoms with E-state index in [1.807, 2.05) is 50.8 Å². The van der Waals surface area contributed by atoms with E-state index in [2.05, 4.69) is 51.7 Å². The first-order valence-electron chi connectivity index (χ1n) is 10.1. The van der Waals surface area contributed by atoms with E-state index in [4.69, 9.17) is 0 Å². The molecule has 0 aliphatic carbocycles. The normalized spacial score (nSPS) is 10.8. The molecule has 0 saturated carbocycles. The van der Waals surface area contributed by atoms with Gasteiger partial charge in [-0.2, -0.15) is 5.10 Å². The predicted molar refractivity (Wildman–Crippen MR) is 119 cm³/mol. The van der Waals surface area contributed by atoms with Gasteiger partial charge in [-0.15, -0.1) is 0 Å². The van der Waals surface area contributed by atoms with Gasteiger partial charge in [-0.3, -0.25) is 9.48 Å². The van der Waals surface area contributed by atoms with Gasteiger partial charge in [-0.05, 0) is 49.9 Å². The number of nitrogens with one attached hydrogen (secondary N) is 1. The van der Waals surface area contributed by atoms with Crippen molar-refractivity contribution in [2.24, 2.45) is 0 Å². The van der Waals surface area contributed by atoms with Crippen LogP contribution in [-0.4, -0.2) is 36.3 Å². The summed E-state index contributed by atoms with van der Waals surface area (Å²) >= 11 is 0. The van der Waals surface area contributed by atoms with E-state index in [-0.39, 0.29) is 5.91 Å². The number of hydrogen-bond donors (Lipinski definition) is 1. The largest absolute Gasteiger partial charge is 0.378 e. The fourth-order valence-corrected chi connectivity index (χ4v) is 3.48. The van der Waals surface area contributed by atoms with E-state index >= 15 is 0 Å². The molecule has 0 saturated heterocycles. The zero-order valence-corrected chi connectivity index (χ0v) is 17.8. The summed E-state index contributed by atoms with van der Waals surface area (Å²) in [5, 5.41) is 7.63. The van der Waals surface area contributed by atoms with Gasteiger partial charge < -0.3 is 10.2 Å². The number of benzene rings is 2. The predicted octanol–water partition coefficient (Wildman–Crippen LogP) is 3.98. The van der Waals surface area contributed by atoms with Crippen molar-refractivity contribution in [3.05, 3.63) is 82.7 Å². The van der Waals surface area contributed by atoms with Crippen molar-refractivity contribution in [2.75, 3.05) is 25.5 Å². The van der Waals surface area contributed by atoms with E-state index in [1.165, 1.54) is 16.8 Å². The zero-order chi connectivity index (χ0) is 20.8. The third kappa shape index (κ3) is 5.25. The Hall–Kier alpha value is -3.08. The van der Waals surface area contributed by atoms with Gasteiger partial charge in [0.05, 0.1) is 17.8 Å². The molecule has 0 aliphatic heterocycles. The van der Waals surface area contributed by atoms with Crippen LogP contribution in [0.25, 0.3) is 0 Å². The SMILES string of the molecule is Cc1nn(Cc2ccccc2)c(C)c1C(=O)NCCCc1ccc(N(C)C)cc1. The number of aryl methyl sites for hydroxylation is 2. The summed E-state index contributed by atoms with van der Waals surface area (Å²) in [5.74, 6) is -0.0396. The van der Waals surface area contributed by atoms with Crippen molar-refractivity contribution >= 4 is 11.6 Å². The second-order valence-electron chi connectivity index (χ2n) is 7.61. The standard InChI is InChI=1S/C24H30N4O/c1-18-23(19(2)28(26-18)17-21-9-6-5-7-10-21)24(29)25-16-8-11-20-12-14-22(15-13-20)27(3)4/h5-7,9-10,12-15H,8,11,16-17H2,1-4H3,(H,25,29). The van der Waals surface area contributed by atoms with E-state index < -0.39 is 0 Å². The maximum Gasteiger partial charge on any atom is 0.255 e. The summed E-state index contributed by atoms with van der Waals surface area (Å²) in [6, 6.07) is 18.7. The molecule has 3 aromatic rings. The van der Waals surface area contributed by atoms with Crippen molar-refractivity contribution in [1.29, 1.82) is 0 Å². The highest BCUT2D eigenvalue weighted by Gasteiger charge is 2.18. The van der Waals surface area contributed by atoms with Crippen LogP contribution in [0, 0.1) is 13.8 Å². The first-order valence-corrected chi connectivity index (χ1v) is 10.1. The topological polar surface area (TPSA) is 50.2 Å². The third-order valence-corrected chi connectivity index (χ3v) is 5.16. The number of hydrogen-bond acceptors (Lipinski definition) is 3. The van der Waals surface area contributed by atoms with E-state index in [0.29, 0.717) is 18.7 Å². The Kier molecular flexibility index (Phi) is 6.70. The van der Waals surface area contributed by atoms with Crippen LogP contribution >= 0.6 is 0 Å². The number of nitrogens with zero attached hydrogens (tertiary/aromatic N) is 3. The van der Waals surface area contributed by atoms with Gasteiger partial charge in [0.15, 0.2) is 0 Å². The summed E-state index contributed by atoms with van der Waals surface area (Å²) in [6.45, 7) is 5.18. The van der Waals surface area contributed by atoms with Crippen LogP contribution in [0.15, 0.2) is 54.6 Å². The van der Waals surface area contributed by atoms with Crippen molar-refractivity contribution in [3.8, 4) is 0 Å². The fraction of sp³-hybridized carbons (Fsp3) is 0.333. The Morgan fingerprint density at radius 3 is 2.34 bits per heavy atom. The second-order valence-corrected chi connectivity index (χ2v) is 7.61. The van der Waals surface area contributed by atoms with Crippen LogP contribution in [0.3, 0.4) is 0 Å². The van der Waals surface area contributed by atoms with E-state index in [1.54, 1.807) is 0 Å². The van der Waals surface area contributed by atoms with Gasteiger partial charge in [0.2, 0.25) is 0 Å². The molecule has 2 aromatic carbocycles. The highest BCUT2D eigenvalue weighted by molar-refractivity contribution is 5.96. The smallest absolute Gasteiger partial charge is 0.255 e. The van der Waals surface area contributed by atoms with Gasteiger partial charge in [-0.1, -0.05) is 42.5 Å². The molecular weight excluding hydrogens is 360 g/mol. The minimum absolute atomic E-state index is 0.0396. The van der Waals surface area contributed by atoms with Crippen LogP contribution in [0.4, 0.5) is 5.69 Å². The molecule has 5 nitrogen and oxygen atoms in total. The Bertz CT molecular complexity index is 943. The quantitative estimate of drug-likeness (QED) is 0.592. The van der Waals surface area contributed by atoms with Crippen LogP contribution in [0.1, 0.15) is 39.3 Å². The summed E-state index contributed by atoms with van der Waals surface area (Å²) in [6.07, 6.45) is 1.85. The number of carbonyl (C=O) groups is 1. The average Bonchev–Trinajstić information content (AvgIpc) is 2.99. The van der Waals surface area contributed by atoms with Gasteiger partial charge >= 0.3 is 0 Å². The number of rotatable bonds is 8. The lowest BCUT2D eigenvalue weighted by atomic mass is 10.1. The first-order chi connectivity index (χ1) is 14.0. The second kappa shape index (κ2) is 9.41. The summed E-state index contributed by atoms with van der Waals surface area (Å²) in [7, 11) is 4.08. The molecule has 3 rings (SSSR count). The molecule has 0 fully saturated rings. The van der Waals surface area contributed by atoms with Gasteiger partial charge in [0.25, 0.3) is 5.91 Å². The molecule has 0 unspecified atom stereocenters. The Morgan fingerprint density at radius 2 is 1.69 bits per heavy atom. The van der Waals surface area contributed by atoms with Gasteiger partial charge in [0.1, 0.15) is 0 Å². The Balaban J connectivity index is 1.54. The molecule has 1 heterocycles. The monoisotopic (exact) mass is 390 g/mol. The molecule has 0 bridgehead atoms. The molecule has 0 atom stereocenters. The van der Waals surface area contributed by atoms with Gasteiger partial charge in [0, 0.05) is 32.0 Å². The first kappa shape index (κ1) is 20.6.